The quantitative estimate of drug-likeness (QED) is 0.370. The number of likely N-dealkylation sites (N-methyl/N-ethyl adjacent to an activating group) is 1. The second kappa shape index (κ2) is 10.6. The topological polar surface area (TPSA) is 106 Å². The lowest BCUT2D eigenvalue weighted by atomic mass is 10.1. The highest BCUT2D eigenvalue weighted by Crippen LogP contribution is 2.23. The summed E-state index contributed by atoms with van der Waals surface area (Å²) in [6.07, 6.45) is 4.49. The second-order valence-electron chi connectivity index (χ2n) is 9.04. The largest absolute Gasteiger partial charge is 0.340 e. The summed E-state index contributed by atoms with van der Waals surface area (Å²) in [5.74, 6) is 0.374. The predicted molar refractivity (Wildman–Crippen MR) is 140 cm³/mol. The number of H-pyrrole nitrogens is 1. The van der Waals surface area contributed by atoms with E-state index in [1.807, 2.05) is 47.4 Å². The molecule has 0 unspecified atom stereocenters. The number of benzene rings is 2. The number of aromatic amines is 1. The van der Waals surface area contributed by atoms with Gasteiger partial charge in [-0.2, -0.15) is 5.10 Å². The Morgan fingerprint density at radius 1 is 1.00 bits per heavy atom. The molecule has 2 amide bonds. The Balaban J connectivity index is 1.23. The molecule has 2 aromatic heterocycles. The van der Waals surface area contributed by atoms with Gasteiger partial charge in [0.05, 0.1) is 17.3 Å². The van der Waals surface area contributed by atoms with Crippen LogP contribution in [-0.4, -0.2) is 70.0 Å². The highest BCUT2D eigenvalue weighted by Gasteiger charge is 2.19. The third-order valence-electron chi connectivity index (χ3n) is 6.43. The van der Waals surface area contributed by atoms with Crippen LogP contribution in [0.4, 0.5) is 17.2 Å². The van der Waals surface area contributed by atoms with Crippen LogP contribution < -0.4 is 10.6 Å². The van der Waals surface area contributed by atoms with Gasteiger partial charge in [-0.1, -0.05) is 12.1 Å². The van der Waals surface area contributed by atoms with E-state index in [1.165, 1.54) is 0 Å². The molecular formula is C27H29N7O2. The van der Waals surface area contributed by atoms with E-state index in [4.69, 9.17) is 0 Å². The molecule has 9 heteroatoms. The molecule has 0 spiro atoms. The first-order chi connectivity index (χ1) is 17.5. The van der Waals surface area contributed by atoms with Gasteiger partial charge in [0.2, 0.25) is 5.91 Å². The number of fused-ring (bicyclic) bond motifs is 1. The molecule has 36 heavy (non-hydrogen) atoms. The summed E-state index contributed by atoms with van der Waals surface area (Å²) in [7, 11) is 2.08. The normalized spacial score (nSPS) is 14.1. The van der Waals surface area contributed by atoms with Gasteiger partial charge in [-0.15, -0.1) is 0 Å². The maximum atomic E-state index is 13.1. The number of carbonyl (C=O) groups is 2. The Morgan fingerprint density at radius 2 is 1.86 bits per heavy atom. The van der Waals surface area contributed by atoms with Crippen LogP contribution in [0.1, 0.15) is 22.3 Å². The first-order valence-electron chi connectivity index (χ1n) is 12.1. The monoisotopic (exact) mass is 483 g/mol. The molecule has 2 aromatic carbocycles. The maximum absolute atomic E-state index is 13.1. The van der Waals surface area contributed by atoms with Crippen molar-refractivity contribution in [1.82, 2.24) is 25.0 Å². The van der Waals surface area contributed by atoms with E-state index < -0.39 is 0 Å². The van der Waals surface area contributed by atoms with Crippen LogP contribution in [0.5, 0.6) is 0 Å². The number of pyridine rings is 1. The Kier molecular flexibility index (Phi) is 6.90. The van der Waals surface area contributed by atoms with E-state index in [0.717, 1.165) is 48.3 Å². The Hall–Kier alpha value is -4.24. The molecule has 0 aliphatic carbocycles. The lowest BCUT2D eigenvalue weighted by molar-refractivity contribution is -0.132. The van der Waals surface area contributed by atoms with E-state index >= 15 is 0 Å². The van der Waals surface area contributed by atoms with Crippen molar-refractivity contribution in [2.75, 3.05) is 43.9 Å². The molecule has 9 nitrogen and oxygen atoms in total. The molecule has 0 radical (unpaired) electrons. The Bertz CT molecular complexity index is 1380. The summed E-state index contributed by atoms with van der Waals surface area (Å²) < 4.78 is 0. The molecule has 4 aromatic rings. The molecule has 3 heterocycles. The molecule has 3 N–H and O–H groups in total. The lowest BCUT2D eigenvalue weighted by Crippen LogP contribution is -2.47. The van der Waals surface area contributed by atoms with Crippen molar-refractivity contribution in [1.29, 1.82) is 0 Å². The average Bonchev–Trinajstić information content (AvgIpc) is 3.36. The first kappa shape index (κ1) is 23.5. The zero-order valence-corrected chi connectivity index (χ0v) is 20.2. The van der Waals surface area contributed by atoms with Gasteiger partial charge in [-0.3, -0.25) is 14.7 Å². The number of aromatic nitrogens is 3. The maximum Gasteiger partial charge on any atom is 0.259 e. The lowest BCUT2D eigenvalue weighted by Gasteiger charge is -2.32. The van der Waals surface area contributed by atoms with Crippen LogP contribution >= 0.6 is 0 Å². The van der Waals surface area contributed by atoms with Gasteiger partial charge >= 0.3 is 0 Å². The van der Waals surface area contributed by atoms with Crippen LogP contribution in [0.15, 0.2) is 67.0 Å². The second-order valence-corrected chi connectivity index (χ2v) is 9.04. The highest BCUT2D eigenvalue weighted by molar-refractivity contribution is 6.08. The first-order valence-corrected chi connectivity index (χ1v) is 12.1. The van der Waals surface area contributed by atoms with Crippen molar-refractivity contribution in [3.8, 4) is 0 Å². The Labute approximate surface area is 209 Å². The van der Waals surface area contributed by atoms with E-state index in [0.29, 0.717) is 29.9 Å². The van der Waals surface area contributed by atoms with Crippen molar-refractivity contribution in [2.45, 2.75) is 12.8 Å². The zero-order chi connectivity index (χ0) is 24.9. The molecule has 184 valence electrons. The van der Waals surface area contributed by atoms with Gasteiger partial charge in [-0.05, 0) is 61.5 Å². The highest BCUT2D eigenvalue weighted by atomic mass is 16.2. The van der Waals surface area contributed by atoms with Crippen molar-refractivity contribution < 1.29 is 9.59 Å². The van der Waals surface area contributed by atoms with E-state index in [-0.39, 0.29) is 11.8 Å². The van der Waals surface area contributed by atoms with Crippen molar-refractivity contribution in [2.24, 2.45) is 0 Å². The predicted octanol–water partition coefficient (Wildman–Crippen LogP) is 3.66. The van der Waals surface area contributed by atoms with Gasteiger partial charge in [0.1, 0.15) is 5.82 Å². The van der Waals surface area contributed by atoms with E-state index in [9.17, 15) is 9.59 Å². The zero-order valence-electron chi connectivity index (χ0n) is 20.2. The van der Waals surface area contributed by atoms with Crippen molar-refractivity contribution in [3.63, 3.8) is 0 Å². The fourth-order valence-corrected chi connectivity index (χ4v) is 4.31. The number of anilines is 3. The smallest absolute Gasteiger partial charge is 0.259 e. The molecule has 1 aliphatic heterocycles. The molecule has 0 saturated carbocycles. The number of nitrogens with zero attached hydrogens (tertiary/aromatic N) is 4. The van der Waals surface area contributed by atoms with Gasteiger partial charge < -0.3 is 20.4 Å². The van der Waals surface area contributed by atoms with Crippen LogP contribution in [0.3, 0.4) is 0 Å². The number of piperazine rings is 1. The molecular weight excluding hydrogens is 454 g/mol. The van der Waals surface area contributed by atoms with E-state index in [2.05, 4.69) is 37.8 Å². The fraction of sp³-hybridized carbons (Fsp3) is 0.259. The summed E-state index contributed by atoms with van der Waals surface area (Å²) in [5.41, 5.74) is 3.81. The minimum absolute atomic E-state index is 0.178. The summed E-state index contributed by atoms with van der Waals surface area (Å²) in [6.45, 7) is 3.39. The van der Waals surface area contributed by atoms with Crippen LogP contribution in [0, 0.1) is 0 Å². The number of hydrogen-bond acceptors (Lipinski definition) is 6. The summed E-state index contributed by atoms with van der Waals surface area (Å²) in [6, 6.07) is 16.9. The SMILES string of the molecule is CN1CCN(C(=O)CCc2cccc(NC(=O)c3cccnc3Nc3ccc4cn[nH]c4c3)c2)CC1. The minimum Gasteiger partial charge on any atom is -0.340 e. The third-order valence-corrected chi connectivity index (χ3v) is 6.43. The molecule has 0 bridgehead atoms. The average molecular weight is 484 g/mol. The van der Waals surface area contributed by atoms with Gasteiger partial charge in [0.25, 0.3) is 5.91 Å². The number of carbonyl (C=O) groups excluding carboxylic acids is 2. The van der Waals surface area contributed by atoms with Crippen molar-refractivity contribution >= 4 is 39.9 Å². The standard InChI is InChI=1S/C27H29N7O2/c1-33-12-14-34(15-13-33)25(35)10-7-19-4-2-5-21(16-19)31-27(36)23-6-3-11-28-26(23)30-22-9-8-20-18-29-32-24(20)17-22/h2-6,8-9,11,16-18H,7,10,12-15H2,1H3,(H,28,30)(H,29,32)(H,31,36). The van der Waals surface area contributed by atoms with Crippen LogP contribution in [0.2, 0.25) is 0 Å². The van der Waals surface area contributed by atoms with Gasteiger partial charge in [0.15, 0.2) is 0 Å². The molecule has 1 saturated heterocycles. The molecule has 5 rings (SSSR count). The van der Waals surface area contributed by atoms with Gasteiger partial charge in [0, 0.05) is 55.6 Å². The van der Waals surface area contributed by atoms with Crippen LogP contribution in [-0.2, 0) is 11.2 Å². The van der Waals surface area contributed by atoms with Crippen LogP contribution in [0.25, 0.3) is 10.9 Å². The number of aryl methyl sites for hydroxylation is 1. The number of hydrogen-bond donors (Lipinski definition) is 3. The van der Waals surface area contributed by atoms with Crippen molar-refractivity contribution in [3.05, 3.63) is 78.1 Å². The summed E-state index contributed by atoms with van der Waals surface area (Å²) >= 11 is 0. The molecule has 1 aliphatic rings. The number of amides is 2. The minimum atomic E-state index is -0.265. The molecule has 0 atom stereocenters. The fourth-order valence-electron chi connectivity index (χ4n) is 4.31. The molecule has 1 fully saturated rings. The number of rotatable bonds is 7. The van der Waals surface area contributed by atoms with E-state index in [1.54, 1.807) is 24.5 Å². The Morgan fingerprint density at radius 3 is 2.72 bits per heavy atom. The van der Waals surface area contributed by atoms with Gasteiger partial charge in [-0.25, -0.2) is 4.98 Å². The number of nitrogens with one attached hydrogen (secondary N) is 3. The summed E-state index contributed by atoms with van der Waals surface area (Å²) in [4.78, 5) is 34.3. The summed E-state index contributed by atoms with van der Waals surface area (Å²) in [5, 5.41) is 14.2. The third kappa shape index (κ3) is 5.52.